The quantitative estimate of drug-likeness (QED) is 0.163. The molecular formula is C52H36BNSi. The van der Waals surface area contributed by atoms with Crippen molar-refractivity contribution in [2.24, 2.45) is 0 Å². The maximum absolute atomic E-state index is 2.72. The molecule has 2 aliphatic heterocycles. The summed E-state index contributed by atoms with van der Waals surface area (Å²) in [5.41, 5.74) is 12.8. The van der Waals surface area contributed by atoms with Crippen LogP contribution >= 0.6 is 0 Å². The predicted octanol–water partition coefficient (Wildman–Crippen LogP) is 8.16. The van der Waals surface area contributed by atoms with Crippen molar-refractivity contribution >= 4 is 79.8 Å². The van der Waals surface area contributed by atoms with Crippen LogP contribution in [0.5, 0.6) is 0 Å². The molecule has 0 bridgehead atoms. The van der Waals surface area contributed by atoms with Gasteiger partial charge in [0.15, 0.2) is 8.07 Å². The predicted molar refractivity (Wildman–Crippen MR) is 238 cm³/mol. The lowest BCUT2D eigenvalue weighted by Crippen LogP contribution is -2.77. The third-order valence-electron chi connectivity index (χ3n) is 12.0. The number of anilines is 3. The van der Waals surface area contributed by atoms with E-state index in [0.29, 0.717) is 0 Å². The monoisotopic (exact) mass is 713 g/mol. The van der Waals surface area contributed by atoms with E-state index in [1.54, 1.807) is 0 Å². The molecule has 0 radical (unpaired) electrons. The van der Waals surface area contributed by atoms with Crippen LogP contribution in [0.15, 0.2) is 218 Å². The van der Waals surface area contributed by atoms with Gasteiger partial charge < -0.3 is 4.90 Å². The summed E-state index contributed by atoms with van der Waals surface area (Å²) in [5, 5.41) is 8.16. The van der Waals surface area contributed by atoms with Crippen molar-refractivity contribution in [1.29, 1.82) is 0 Å². The van der Waals surface area contributed by atoms with Gasteiger partial charge in [0.1, 0.15) is 0 Å². The molecule has 0 saturated heterocycles. The second kappa shape index (κ2) is 12.7. The number of hydrogen-bond acceptors (Lipinski definition) is 1. The molecular weight excluding hydrogens is 677 g/mol. The first-order valence-electron chi connectivity index (χ1n) is 19.2. The van der Waals surface area contributed by atoms with Gasteiger partial charge in [0, 0.05) is 16.9 Å². The van der Waals surface area contributed by atoms with Crippen molar-refractivity contribution in [3.63, 3.8) is 0 Å². The summed E-state index contributed by atoms with van der Waals surface area (Å²) in [6, 6.07) is 81.7. The number of para-hydroxylation sites is 2. The zero-order chi connectivity index (χ0) is 36.3. The lowest BCUT2D eigenvalue weighted by Gasteiger charge is -2.45. The lowest BCUT2D eigenvalue weighted by atomic mass is 9.38. The van der Waals surface area contributed by atoms with E-state index in [4.69, 9.17) is 0 Å². The van der Waals surface area contributed by atoms with Gasteiger partial charge in [0.05, 0.1) is 5.69 Å². The van der Waals surface area contributed by atoms with Crippen molar-refractivity contribution < 1.29 is 0 Å². The smallest absolute Gasteiger partial charge is 0.242 e. The molecule has 2 heterocycles. The van der Waals surface area contributed by atoms with Gasteiger partial charge in [-0.25, -0.2) is 0 Å². The van der Waals surface area contributed by atoms with Crippen LogP contribution in [-0.4, -0.2) is 14.8 Å². The van der Waals surface area contributed by atoms with Crippen LogP contribution < -0.4 is 42.0 Å². The molecule has 3 heteroatoms. The second-order valence-electron chi connectivity index (χ2n) is 14.8. The summed E-state index contributed by atoms with van der Waals surface area (Å²) in [6.07, 6.45) is 0. The van der Waals surface area contributed by atoms with Crippen LogP contribution in [0.2, 0.25) is 0 Å². The highest BCUT2D eigenvalue weighted by molar-refractivity contribution is 7.21. The minimum atomic E-state index is -2.72. The number of fused-ring (bicyclic) bond motifs is 6. The SMILES string of the molecule is c1ccc(-c2cc(B3c4ccccc4-c4cc5ccccc5cc43)ccc2N2c3ccccc3[Si](c3ccccc3)(c3ccccc3)c3ccccc32)cc1. The molecule has 55 heavy (non-hydrogen) atoms. The van der Waals surface area contributed by atoms with Gasteiger partial charge in [-0.1, -0.05) is 211 Å². The summed E-state index contributed by atoms with van der Waals surface area (Å²) in [7, 11) is -2.72. The minimum Gasteiger partial charge on any atom is -0.310 e. The molecule has 0 unspecified atom stereocenters. The van der Waals surface area contributed by atoms with Crippen LogP contribution in [-0.2, 0) is 0 Å². The zero-order valence-electron chi connectivity index (χ0n) is 30.3. The van der Waals surface area contributed by atoms with E-state index >= 15 is 0 Å². The first-order valence-corrected chi connectivity index (χ1v) is 21.2. The van der Waals surface area contributed by atoms with Gasteiger partial charge in [0.25, 0.3) is 0 Å². The van der Waals surface area contributed by atoms with E-state index in [1.165, 1.54) is 87.2 Å². The zero-order valence-corrected chi connectivity index (χ0v) is 31.3. The molecule has 9 aromatic carbocycles. The van der Waals surface area contributed by atoms with Crippen molar-refractivity contribution in [2.75, 3.05) is 4.90 Å². The Hall–Kier alpha value is -6.68. The highest BCUT2D eigenvalue weighted by Crippen LogP contribution is 2.43. The molecule has 11 rings (SSSR count). The van der Waals surface area contributed by atoms with Crippen molar-refractivity contribution in [3.8, 4) is 22.3 Å². The van der Waals surface area contributed by atoms with E-state index in [2.05, 4.69) is 223 Å². The molecule has 1 nitrogen and oxygen atoms in total. The topological polar surface area (TPSA) is 3.24 Å². The Morgan fingerprint density at radius 2 is 0.873 bits per heavy atom. The number of rotatable bonds is 5. The summed E-state index contributed by atoms with van der Waals surface area (Å²) in [6.45, 7) is 0.129. The Morgan fingerprint density at radius 3 is 1.53 bits per heavy atom. The van der Waals surface area contributed by atoms with E-state index < -0.39 is 8.07 Å². The van der Waals surface area contributed by atoms with Crippen LogP contribution in [0, 0.1) is 0 Å². The van der Waals surface area contributed by atoms with E-state index in [9.17, 15) is 0 Å². The van der Waals surface area contributed by atoms with Crippen LogP contribution in [0.4, 0.5) is 17.1 Å². The molecule has 0 atom stereocenters. The number of benzene rings is 9. The highest BCUT2D eigenvalue weighted by Gasteiger charge is 2.49. The molecule has 0 fully saturated rings. The second-order valence-corrected chi connectivity index (χ2v) is 18.5. The fourth-order valence-corrected chi connectivity index (χ4v) is 14.8. The summed E-state index contributed by atoms with van der Waals surface area (Å²) in [5.74, 6) is 0. The average Bonchev–Trinajstić information content (AvgIpc) is 3.58. The Balaban J connectivity index is 1.17. The molecule has 256 valence electrons. The maximum Gasteiger partial charge on any atom is 0.242 e. The Kier molecular flexibility index (Phi) is 7.36. The van der Waals surface area contributed by atoms with E-state index in [-0.39, 0.29) is 6.71 Å². The Bertz CT molecular complexity index is 2800. The molecule has 0 spiro atoms. The maximum atomic E-state index is 2.55. The van der Waals surface area contributed by atoms with Gasteiger partial charge in [-0.2, -0.15) is 0 Å². The number of nitrogens with zero attached hydrogens (tertiary/aromatic N) is 1. The summed E-state index contributed by atoms with van der Waals surface area (Å²) >= 11 is 0. The molecule has 0 saturated carbocycles. The lowest BCUT2D eigenvalue weighted by molar-refractivity contribution is 1.29. The van der Waals surface area contributed by atoms with E-state index in [1.807, 2.05) is 0 Å². The minimum absolute atomic E-state index is 0.129. The fourth-order valence-electron chi connectivity index (χ4n) is 9.70. The van der Waals surface area contributed by atoms with Crippen LogP contribution in [0.3, 0.4) is 0 Å². The summed E-state index contributed by atoms with van der Waals surface area (Å²) < 4.78 is 0. The first-order chi connectivity index (χ1) is 27.3. The van der Waals surface area contributed by atoms with Crippen LogP contribution in [0.25, 0.3) is 33.0 Å². The Morgan fingerprint density at radius 1 is 0.345 bits per heavy atom. The van der Waals surface area contributed by atoms with Crippen molar-refractivity contribution in [3.05, 3.63) is 218 Å². The normalized spacial score (nSPS) is 13.5. The third-order valence-corrected chi connectivity index (χ3v) is 16.8. The van der Waals surface area contributed by atoms with Crippen molar-refractivity contribution in [2.45, 2.75) is 0 Å². The Labute approximate surface area is 323 Å². The molecule has 0 aliphatic carbocycles. The van der Waals surface area contributed by atoms with Gasteiger partial charge in [0.2, 0.25) is 6.71 Å². The highest BCUT2D eigenvalue weighted by atomic mass is 28.3. The first kappa shape index (κ1) is 31.8. The van der Waals surface area contributed by atoms with Crippen LogP contribution in [0.1, 0.15) is 0 Å². The fraction of sp³-hybridized carbons (Fsp3) is 0. The standard InChI is InChI=1S/C52H36BNSi/c1-4-18-37(19-5-1)44-36-40(53-46-27-13-12-26-43(46)45-34-38-20-10-11-21-39(38)35-47(45)53)32-33-48(44)54-49-28-14-16-30-51(49)55(41-22-6-2-7-23-41,42-24-8-3-9-25-42)52-31-17-15-29-50(52)54/h1-36H. The largest absolute Gasteiger partial charge is 0.310 e. The van der Waals surface area contributed by atoms with Crippen molar-refractivity contribution in [1.82, 2.24) is 0 Å². The summed E-state index contributed by atoms with van der Waals surface area (Å²) in [4.78, 5) is 2.55. The number of hydrogen-bond donors (Lipinski definition) is 0. The molecule has 2 aliphatic rings. The van der Waals surface area contributed by atoms with Gasteiger partial charge >= 0.3 is 0 Å². The molecule has 0 N–H and O–H groups in total. The van der Waals surface area contributed by atoms with Gasteiger partial charge in [-0.3, -0.25) is 0 Å². The van der Waals surface area contributed by atoms with Gasteiger partial charge in [-0.15, -0.1) is 0 Å². The van der Waals surface area contributed by atoms with E-state index in [0.717, 1.165) is 0 Å². The third kappa shape index (κ3) is 4.80. The molecule has 9 aromatic rings. The molecule has 0 amide bonds. The van der Waals surface area contributed by atoms with Gasteiger partial charge in [-0.05, 0) is 72.5 Å². The average molecular weight is 714 g/mol. The molecule has 0 aromatic heterocycles.